The van der Waals surface area contributed by atoms with E-state index in [-0.39, 0.29) is 5.56 Å². The average molecular weight is 330 g/mol. The Morgan fingerprint density at radius 3 is 2.83 bits per heavy atom. The van der Waals surface area contributed by atoms with Crippen LogP contribution < -0.4 is 9.54 Å². The van der Waals surface area contributed by atoms with Crippen molar-refractivity contribution in [3.8, 4) is 5.75 Å². The van der Waals surface area contributed by atoms with Crippen LogP contribution in [0.5, 0.6) is 5.75 Å². The molecule has 0 fully saturated rings. The summed E-state index contributed by atoms with van der Waals surface area (Å²) in [6.45, 7) is 2.51. The van der Waals surface area contributed by atoms with Gasteiger partial charge in [-0.2, -0.15) is 4.99 Å². The van der Waals surface area contributed by atoms with Crippen LogP contribution in [0.3, 0.4) is 0 Å². The molecule has 0 N–H and O–H groups in total. The van der Waals surface area contributed by atoms with Crippen molar-refractivity contribution in [2.24, 2.45) is 12.0 Å². The van der Waals surface area contributed by atoms with Gasteiger partial charge in [0.25, 0.3) is 5.91 Å². The summed E-state index contributed by atoms with van der Waals surface area (Å²) < 4.78 is 21.9. The number of carbonyl (C=O) groups is 1. The number of halogens is 1. The number of aryl methyl sites for hydroxylation is 1. The van der Waals surface area contributed by atoms with E-state index in [1.54, 1.807) is 12.1 Å². The number of hydrogen-bond acceptors (Lipinski definition) is 3. The maximum atomic E-state index is 13.7. The fraction of sp³-hybridized carbons (Fsp3) is 0.176. The predicted octanol–water partition coefficient (Wildman–Crippen LogP) is 3.52. The van der Waals surface area contributed by atoms with Crippen LogP contribution in [0.25, 0.3) is 10.2 Å². The van der Waals surface area contributed by atoms with Gasteiger partial charge in [0, 0.05) is 7.05 Å². The van der Waals surface area contributed by atoms with Crippen LogP contribution in [0, 0.1) is 5.82 Å². The zero-order valence-electron chi connectivity index (χ0n) is 12.7. The maximum Gasteiger partial charge on any atom is 0.282 e. The fourth-order valence-corrected chi connectivity index (χ4v) is 3.30. The maximum absolute atomic E-state index is 13.7. The van der Waals surface area contributed by atoms with E-state index in [0.29, 0.717) is 11.4 Å². The van der Waals surface area contributed by atoms with Crippen molar-refractivity contribution < 1.29 is 13.9 Å². The van der Waals surface area contributed by atoms with Crippen LogP contribution in [0.15, 0.2) is 47.5 Å². The molecule has 4 nitrogen and oxygen atoms in total. The summed E-state index contributed by atoms with van der Waals surface area (Å²) in [6.07, 6.45) is 0. The quantitative estimate of drug-likeness (QED) is 0.737. The van der Waals surface area contributed by atoms with Gasteiger partial charge < -0.3 is 9.30 Å². The Balaban J connectivity index is 2.07. The molecular formula is C17H15FN2O2S. The standard InChI is InChI=1S/C17H15FN2O2S/c1-3-22-11-8-9-14-15(10-11)23-17(20(14)2)19-16(21)12-6-4-5-7-13(12)18/h4-10H,3H2,1-2H3. The number of aromatic nitrogens is 1. The van der Waals surface area contributed by atoms with Crippen LogP contribution in [-0.4, -0.2) is 17.1 Å². The molecule has 0 saturated carbocycles. The minimum atomic E-state index is -0.588. The zero-order chi connectivity index (χ0) is 16.4. The summed E-state index contributed by atoms with van der Waals surface area (Å²) >= 11 is 1.37. The van der Waals surface area contributed by atoms with E-state index in [4.69, 9.17) is 4.74 Å². The van der Waals surface area contributed by atoms with Gasteiger partial charge >= 0.3 is 0 Å². The minimum Gasteiger partial charge on any atom is -0.494 e. The first kappa shape index (κ1) is 15.4. The van der Waals surface area contributed by atoms with E-state index in [1.807, 2.05) is 36.7 Å². The molecule has 6 heteroatoms. The molecular weight excluding hydrogens is 315 g/mol. The van der Waals surface area contributed by atoms with Crippen molar-refractivity contribution in [3.63, 3.8) is 0 Å². The van der Waals surface area contributed by atoms with E-state index < -0.39 is 11.7 Å². The number of carbonyl (C=O) groups excluding carboxylic acids is 1. The first-order chi connectivity index (χ1) is 11.1. The molecule has 3 rings (SSSR count). The Labute approximate surface area is 136 Å². The number of hydrogen-bond donors (Lipinski definition) is 0. The Kier molecular flexibility index (Phi) is 4.25. The van der Waals surface area contributed by atoms with E-state index >= 15 is 0 Å². The van der Waals surface area contributed by atoms with Gasteiger partial charge in [-0.1, -0.05) is 23.5 Å². The first-order valence-electron chi connectivity index (χ1n) is 7.16. The van der Waals surface area contributed by atoms with Crippen LogP contribution in [-0.2, 0) is 7.05 Å². The fourth-order valence-electron chi connectivity index (χ4n) is 2.26. The van der Waals surface area contributed by atoms with Crippen molar-refractivity contribution in [2.45, 2.75) is 6.92 Å². The van der Waals surface area contributed by atoms with E-state index in [0.717, 1.165) is 16.0 Å². The molecule has 0 aliphatic carbocycles. The molecule has 0 saturated heterocycles. The molecule has 23 heavy (non-hydrogen) atoms. The molecule has 1 aromatic heterocycles. The highest BCUT2D eigenvalue weighted by Crippen LogP contribution is 2.22. The predicted molar refractivity (Wildman–Crippen MR) is 88.3 cm³/mol. The summed E-state index contributed by atoms with van der Waals surface area (Å²) in [5.74, 6) is -0.382. The lowest BCUT2D eigenvalue weighted by molar-refractivity contribution is 0.0994. The van der Waals surface area contributed by atoms with Crippen molar-refractivity contribution in [3.05, 3.63) is 58.6 Å². The molecule has 1 amide bonds. The highest BCUT2D eigenvalue weighted by Gasteiger charge is 2.11. The highest BCUT2D eigenvalue weighted by molar-refractivity contribution is 7.16. The van der Waals surface area contributed by atoms with Crippen LogP contribution in [0.4, 0.5) is 4.39 Å². The third-order valence-electron chi connectivity index (χ3n) is 3.39. The van der Waals surface area contributed by atoms with Crippen molar-refractivity contribution >= 4 is 27.5 Å². The zero-order valence-corrected chi connectivity index (χ0v) is 13.6. The second-order valence-electron chi connectivity index (χ2n) is 4.90. The molecule has 3 aromatic rings. The normalized spacial score (nSPS) is 11.9. The largest absolute Gasteiger partial charge is 0.494 e. The topological polar surface area (TPSA) is 43.6 Å². The second-order valence-corrected chi connectivity index (χ2v) is 5.91. The minimum absolute atomic E-state index is 0.0278. The first-order valence-corrected chi connectivity index (χ1v) is 7.97. The summed E-state index contributed by atoms with van der Waals surface area (Å²) in [6, 6.07) is 11.6. The lowest BCUT2D eigenvalue weighted by atomic mass is 10.2. The Bertz CT molecular complexity index is 943. The van der Waals surface area contributed by atoms with Crippen LogP contribution in [0.1, 0.15) is 17.3 Å². The number of benzene rings is 2. The number of fused-ring (bicyclic) bond motifs is 1. The van der Waals surface area contributed by atoms with E-state index in [9.17, 15) is 9.18 Å². The second kappa shape index (κ2) is 6.34. The average Bonchev–Trinajstić information content (AvgIpc) is 2.84. The lowest BCUT2D eigenvalue weighted by Gasteiger charge is -2.02. The Morgan fingerprint density at radius 2 is 2.09 bits per heavy atom. The third kappa shape index (κ3) is 3.03. The van der Waals surface area contributed by atoms with Gasteiger partial charge in [0.05, 0.1) is 22.4 Å². The van der Waals surface area contributed by atoms with Gasteiger partial charge in [-0.25, -0.2) is 4.39 Å². The van der Waals surface area contributed by atoms with Crippen LogP contribution >= 0.6 is 11.3 Å². The summed E-state index contributed by atoms with van der Waals surface area (Å²) in [5, 5.41) is 0. The highest BCUT2D eigenvalue weighted by atomic mass is 32.1. The lowest BCUT2D eigenvalue weighted by Crippen LogP contribution is -2.13. The van der Waals surface area contributed by atoms with Crippen molar-refractivity contribution in [1.82, 2.24) is 4.57 Å². The number of ether oxygens (including phenoxy) is 1. The van der Waals surface area contributed by atoms with Crippen molar-refractivity contribution in [1.29, 1.82) is 0 Å². The molecule has 0 atom stereocenters. The molecule has 0 bridgehead atoms. The van der Waals surface area contributed by atoms with Gasteiger partial charge in [-0.05, 0) is 37.3 Å². The smallest absolute Gasteiger partial charge is 0.282 e. The van der Waals surface area contributed by atoms with Gasteiger partial charge in [0.2, 0.25) is 0 Å². The van der Waals surface area contributed by atoms with Crippen molar-refractivity contribution in [2.75, 3.05) is 6.61 Å². The number of nitrogens with zero attached hydrogens (tertiary/aromatic N) is 2. The van der Waals surface area contributed by atoms with Gasteiger partial charge in [0.1, 0.15) is 11.6 Å². The molecule has 0 radical (unpaired) electrons. The van der Waals surface area contributed by atoms with Crippen LogP contribution in [0.2, 0.25) is 0 Å². The molecule has 0 spiro atoms. The Hall–Kier alpha value is -2.47. The number of thiazole rings is 1. The summed E-state index contributed by atoms with van der Waals surface area (Å²) in [7, 11) is 1.83. The Morgan fingerprint density at radius 1 is 1.30 bits per heavy atom. The number of rotatable bonds is 3. The molecule has 118 valence electrons. The summed E-state index contributed by atoms with van der Waals surface area (Å²) in [4.78, 5) is 16.8. The molecule has 0 unspecified atom stereocenters. The third-order valence-corrected chi connectivity index (χ3v) is 4.49. The van der Waals surface area contributed by atoms with E-state index in [2.05, 4.69) is 4.99 Å². The summed E-state index contributed by atoms with van der Waals surface area (Å²) in [5.41, 5.74) is 0.915. The monoisotopic (exact) mass is 330 g/mol. The SMILES string of the molecule is CCOc1ccc2c(c1)sc(=NC(=O)c1ccccc1F)n2C. The van der Waals surface area contributed by atoms with Gasteiger partial charge in [-0.15, -0.1) is 0 Å². The number of amides is 1. The van der Waals surface area contributed by atoms with E-state index in [1.165, 1.54) is 23.5 Å². The van der Waals surface area contributed by atoms with Gasteiger partial charge in [0.15, 0.2) is 4.80 Å². The molecule has 0 aliphatic heterocycles. The van der Waals surface area contributed by atoms with Gasteiger partial charge in [-0.3, -0.25) is 4.79 Å². The molecule has 0 aliphatic rings. The molecule has 1 heterocycles. The molecule has 2 aromatic carbocycles.